The lowest BCUT2D eigenvalue weighted by Crippen LogP contribution is -2.33. The van der Waals surface area contributed by atoms with Crippen molar-refractivity contribution in [3.05, 3.63) is 34.4 Å². The quantitative estimate of drug-likeness (QED) is 0.473. The van der Waals surface area contributed by atoms with Crippen molar-refractivity contribution in [3.63, 3.8) is 0 Å². The van der Waals surface area contributed by atoms with Crippen molar-refractivity contribution < 1.29 is 18.7 Å². The first kappa shape index (κ1) is 14.1. The molecule has 18 heavy (non-hydrogen) atoms. The van der Waals surface area contributed by atoms with Crippen LogP contribution in [0.1, 0.15) is 0 Å². The van der Waals surface area contributed by atoms with Crippen molar-refractivity contribution in [1.82, 2.24) is 4.72 Å². The Kier molecular flexibility index (Phi) is 4.40. The molecule has 0 saturated heterocycles. The Labute approximate surface area is 104 Å². The molecule has 0 aliphatic heterocycles. The molecule has 1 aromatic rings. The molecule has 1 rings (SSSR count). The summed E-state index contributed by atoms with van der Waals surface area (Å²) in [6, 6.07) is 4.98. The predicted molar refractivity (Wildman–Crippen MR) is 66.6 cm³/mol. The van der Waals surface area contributed by atoms with E-state index in [1.165, 1.54) is 31.4 Å². The SMILES string of the molecule is C=S(=O)(NC(=O)COC)c1ccc([N+](=O)[O-])cc1. The zero-order chi connectivity index (χ0) is 13.8. The molecular formula is C10H12N2O5S. The molecule has 0 aliphatic rings. The number of ether oxygens (including phenoxy) is 1. The summed E-state index contributed by atoms with van der Waals surface area (Å²) in [5.74, 6) is 2.83. The normalized spacial score (nSPS) is 13.6. The van der Waals surface area contributed by atoms with Gasteiger partial charge in [0.1, 0.15) is 6.61 Å². The first-order valence-corrected chi connectivity index (χ1v) is 6.51. The lowest BCUT2D eigenvalue weighted by Gasteiger charge is -2.10. The maximum Gasteiger partial charge on any atom is 0.269 e. The van der Waals surface area contributed by atoms with Crippen molar-refractivity contribution in [2.24, 2.45) is 0 Å². The monoisotopic (exact) mass is 272 g/mol. The van der Waals surface area contributed by atoms with E-state index in [4.69, 9.17) is 0 Å². The van der Waals surface area contributed by atoms with Gasteiger partial charge in [-0.05, 0) is 18.0 Å². The topological polar surface area (TPSA) is 98.5 Å². The molecule has 0 aliphatic carbocycles. The maximum absolute atomic E-state index is 12.1. The van der Waals surface area contributed by atoms with E-state index in [1.807, 2.05) is 0 Å². The first-order valence-electron chi connectivity index (χ1n) is 4.78. The summed E-state index contributed by atoms with van der Waals surface area (Å²) in [5, 5.41) is 10.5. The van der Waals surface area contributed by atoms with Gasteiger partial charge < -0.3 is 4.74 Å². The highest BCUT2D eigenvalue weighted by atomic mass is 32.2. The van der Waals surface area contributed by atoms with Crippen LogP contribution < -0.4 is 4.72 Å². The average molecular weight is 272 g/mol. The number of methoxy groups -OCH3 is 1. The van der Waals surface area contributed by atoms with Gasteiger partial charge in [-0.25, -0.2) is 4.21 Å². The second-order valence-corrected chi connectivity index (χ2v) is 5.41. The van der Waals surface area contributed by atoms with E-state index in [2.05, 4.69) is 15.3 Å². The third-order valence-corrected chi connectivity index (χ3v) is 3.57. The van der Waals surface area contributed by atoms with E-state index in [9.17, 15) is 19.1 Å². The number of nitrogens with one attached hydrogen (secondary N) is 1. The van der Waals surface area contributed by atoms with Gasteiger partial charge in [0.15, 0.2) is 0 Å². The number of hydrogen-bond acceptors (Lipinski definition) is 5. The Hall–Kier alpha value is -1.93. The van der Waals surface area contributed by atoms with E-state index in [0.29, 0.717) is 0 Å². The van der Waals surface area contributed by atoms with Crippen molar-refractivity contribution in [2.75, 3.05) is 13.7 Å². The highest BCUT2D eigenvalue weighted by molar-refractivity contribution is 7.99. The summed E-state index contributed by atoms with van der Waals surface area (Å²) in [5.41, 5.74) is -0.128. The first-order chi connectivity index (χ1) is 8.36. The van der Waals surface area contributed by atoms with E-state index >= 15 is 0 Å². The summed E-state index contributed by atoms with van der Waals surface area (Å²) in [4.78, 5) is 21.3. The number of nitro benzene ring substituents is 1. The number of non-ortho nitro benzene ring substituents is 1. The van der Waals surface area contributed by atoms with Gasteiger partial charge in [-0.15, -0.1) is 0 Å². The molecule has 0 saturated carbocycles. The molecule has 0 heterocycles. The zero-order valence-corrected chi connectivity index (χ0v) is 10.4. The van der Waals surface area contributed by atoms with Crippen molar-refractivity contribution in [3.8, 4) is 0 Å². The minimum Gasteiger partial charge on any atom is -0.375 e. The molecule has 8 heteroatoms. The number of amides is 1. The van der Waals surface area contributed by atoms with Gasteiger partial charge in [-0.1, -0.05) is 0 Å². The number of hydrogen-bond donors (Lipinski definition) is 1. The fourth-order valence-electron chi connectivity index (χ4n) is 1.19. The molecule has 0 aromatic heterocycles. The molecular weight excluding hydrogens is 260 g/mol. The van der Waals surface area contributed by atoms with Crippen LogP contribution >= 0.6 is 0 Å². The summed E-state index contributed by atoms with van der Waals surface area (Å²) in [7, 11) is -1.70. The molecule has 0 bridgehead atoms. The number of carbonyl (C=O) groups excluding carboxylic acids is 1. The van der Waals surface area contributed by atoms with Crippen molar-refractivity contribution in [1.29, 1.82) is 0 Å². The van der Waals surface area contributed by atoms with Crippen LogP contribution in [0.2, 0.25) is 0 Å². The zero-order valence-electron chi connectivity index (χ0n) is 9.62. The van der Waals surface area contributed by atoms with Gasteiger partial charge in [0.2, 0.25) is 0 Å². The Balaban J connectivity index is 2.92. The Morgan fingerprint density at radius 2 is 2.06 bits per heavy atom. The van der Waals surface area contributed by atoms with E-state index in [0.717, 1.165) is 0 Å². The third-order valence-electron chi connectivity index (χ3n) is 1.98. The summed E-state index contributed by atoms with van der Waals surface area (Å²) >= 11 is 0. The number of nitro groups is 1. The van der Waals surface area contributed by atoms with Crippen LogP contribution in [0.15, 0.2) is 29.2 Å². The van der Waals surface area contributed by atoms with Gasteiger partial charge >= 0.3 is 0 Å². The maximum atomic E-state index is 12.1. The lowest BCUT2D eigenvalue weighted by molar-refractivity contribution is -0.384. The molecule has 98 valence electrons. The lowest BCUT2D eigenvalue weighted by atomic mass is 10.3. The predicted octanol–water partition coefficient (Wildman–Crippen LogP) is 0.348. The van der Waals surface area contributed by atoms with Crippen LogP contribution in [0.4, 0.5) is 5.69 Å². The molecule has 0 radical (unpaired) electrons. The summed E-state index contributed by atoms with van der Waals surface area (Å²) < 4.78 is 18.9. The van der Waals surface area contributed by atoms with Crippen LogP contribution in [0.25, 0.3) is 0 Å². The van der Waals surface area contributed by atoms with Crippen molar-refractivity contribution >= 4 is 27.2 Å². The van der Waals surface area contributed by atoms with Crippen LogP contribution in [0, 0.1) is 10.1 Å². The molecule has 1 amide bonds. The molecule has 7 nitrogen and oxygen atoms in total. The fraction of sp³-hybridized carbons (Fsp3) is 0.200. The summed E-state index contributed by atoms with van der Waals surface area (Å²) in [6.07, 6.45) is 0. The minimum atomic E-state index is -3.03. The number of rotatable bonds is 5. The minimum absolute atomic E-state index is 0.128. The third kappa shape index (κ3) is 3.54. The largest absolute Gasteiger partial charge is 0.375 e. The van der Waals surface area contributed by atoms with E-state index < -0.39 is 20.5 Å². The van der Waals surface area contributed by atoms with Crippen LogP contribution in [-0.4, -0.2) is 34.6 Å². The van der Waals surface area contributed by atoms with Gasteiger partial charge in [-0.3, -0.25) is 19.6 Å². The number of carbonyl (C=O) groups is 1. The molecule has 1 aromatic carbocycles. The van der Waals surface area contributed by atoms with Gasteiger partial charge in [0, 0.05) is 19.2 Å². The van der Waals surface area contributed by atoms with Crippen molar-refractivity contribution in [2.45, 2.75) is 4.90 Å². The van der Waals surface area contributed by atoms with Gasteiger partial charge in [-0.2, -0.15) is 0 Å². The van der Waals surface area contributed by atoms with Crippen LogP contribution in [0.5, 0.6) is 0 Å². The Morgan fingerprint density at radius 3 is 2.50 bits per heavy atom. The highest BCUT2D eigenvalue weighted by Crippen LogP contribution is 2.15. The molecule has 1 atom stereocenters. The van der Waals surface area contributed by atoms with E-state index in [1.54, 1.807) is 0 Å². The number of nitrogens with zero attached hydrogens (tertiary/aromatic N) is 1. The molecule has 0 fully saturated rings. The second kappa shape index (κ2) is 5.61. The van der Waals surface area contributed by atoms with Gasteiger partial charge in [0.05, 0.1) is 19.5 Å². The van der Waals surface area contributed by atoms with Crippen LogP contribution in [0.3, 0.4) is 0 Å². The summed E-state index contributed by atoms with van der Waals surface area (Å²) in [6.45, 7) is -0.237. The Morgan fingerprint density at radius 1 is 1.50 bits per heavy atom. The second-order valence-electron chi connectivity index (χ2n) is 3.38. The average Bonchev–Trinajstić information content (AvgIpc) is 2.28. The number of benzene rings is 1. The smallest absolute Gasteiger partial charge is 0.269 e. The van der Waals surface area contributed by atoms with Gasteiger partial charge in [0.25, 0.3) is 11.6 Å². The molecule has 1 N–H and O–H groups in total. The standard InChI is InChI=1S/C10H12N2O5S/c1-17-7-10(13)11-18(2,16)9-5-3-8(4-6-9)12(14)15/h3-6H,2,7H2,1H3,(H,11,13,16). The highest BCUT2D eigenvalue weighted by Gasteiger charge is 2.13. The molecule has 0 spiro atoms. The van der Waals surface area contributed by atoms with Crippen LogP contribution in [-0.2, 0) is 19.2 Å². The fourth-order valence-corrected chi connectivity index (χ4v) is 2.31. The Bertz CT molecular complexity index is 550. The van der Waals surface area contributed by atoms with E-state index in [-0.39, 0.29) is 17.2 Å². The molecule has 1 unspecified atom stereocenters.